The lowest BCUT2D eigenvalue weighted by Gasteiger charge is -2.13. The Labute approximate surface area is 94.2 Å². The van der Waals surface area contributed by atoms with Crippen LogP contribution in [0.4, 0.5) is 8.78 Å². The van der Waals surface area contributed by atoms with Gasteiger partial charge in [-0.3, -0.25) is 0 Å². The van der Waals surface area contributed by atoms with E-state index in [-0.39, 0.29) is 5.75 Å². The van der Waals surface area contributed by atoms with E-state index in [9.17, 15) is 8.78 Å². The molecule has 1 rings (SSSR count). The molecule has 16 heavy (non-hydrogen) atoms. The van der Waals surface area contributed by atoms with Crippen LogP contribution in [-0.2, 0) is 0 Å². The van der Waals surface area contributed by atoms with Crippen LogP contribution in [0.5, 0.6) is 11.5 Å². The van der Waals surface area contributed by atoms with Gasteiger partial charge in [0.25, 0.3) is 0 Å². The topological polar surface area (TPSA) is 18.5 Å². The summed E-state index contributed by atoms with van der Waals surface area (Å²) in [6, 6.07) is 4.94. The van der Waals surface area contributed by atoms with Crippen molar-refractivity contribution in [3.63, 3.8) is 0 Å². The van der Waals surface area contributed by atoms with Crippen molar-refractivity contribution >= 4 is 0 Å². The number of hydrogen-bond acceptors (Lipinski definition) is 2. The fourth-order valence-electron chi connectivity index (χ4n) is 1.28. The van der Waals surface area contributed by atoms with Gasteiger partial charge in [-0.05, 0) is 30.5 Å². The molecule has 0 unspecified atom stereocenters. The van der Waals surface area contributed by atoms with E-state index in [4.69, 9.17) is 4.74 Å². The highest BCUT2D eigenvalue weighted by atomic mass is 19.3. The molecule has 0 spiro atoms. The van der Waals surface area contributed by atoms with Crippen LogP contribution in [0.2, 0.25) is 0 Å². The molecule has 0 N–H and O–H groups in total. The zero-order valence-corrected chi connectivity index (χ0v) is 9.59. The molecule has 1 aromatic rings. The zero-order chi connectivity index (χ0) is 12.1. The van der Waals surface area contributed by atoms with Crippen LogP contribution in [0.1, 0.15) is 26.3 Å². The highest BCUT2D eigenvalue weighted by Gasteiger charge is 2.12. The Hall–Kier alpha value is -1.32. The third kappa shape index (κ3) is 3.36. The van der Waals surface area contributed by atoms with Gasteiger partial charge in [-0.2, -0.15) is 8.78 Å². The van der Waals surface area contributed by atoms with Gasteiger partial charge in [0.15, 0.2) is 11.5 Å². The van der Waals surface area contributed by atoms with Gasteiger partial charge >= 0.3 is 6.61 Å². The summed E-state index contributed by atoms with van der Waals surface area (Å²) in [5, 5.41) is 0. The van der Waals surface area contributed by atoms with Crippen LogP contribution >= 0.6 is 0 Å². The molecule has 0 bridgehead atoms. The molecule has 2 nitrogen and oxygen atoms in total. The van der Waals surface area contributed by atoms with Gasteiger partial charge in [-0.25, -0.2) is 0 Å². The van der Waals surface area contributed by atoms with Gasteiger partial charge in [-0.15, -0.1) is 0 Å². The van der Waals surface area contributed by atoms with Crippen LogP contribution in [-0.4, -0.2) is 13.2 Å². The second-order valence-electron chi connectivity index (χ2n) is 3.47. The summed E-state index contributed by atoms with van der Waals surface area (Å²) < 4.78 is 33.9. The third-order valence-electron chi connectivity index (χ3n) is 2.04. The van der Waals surface area contributed by atoms with Crippen molar-refractivity contribution in [2.75, 3.05) is 6.61 Å². The first-order chi connectivity index (χ1) is 7.54. The lowest BCUT2D eigenvalue weighted by molar-refractivity contribution is -0.0514. The maximum Gasteiger partial charge on any atom is 0.387 e. The van der Waals surface area contributed by atoms with E-state index in [0.29, 0.717) is 12.4 Å². The number of ether oxygens (including phenoxy) is 2. The Kier molecular flexibility index (Phi) is 4.52. The van der Waals surface area contributed by atoms with Crippen LogP contribution in [0.25, 0.3) is 0 Å². The molecule has 0 saturated heterocycles. The highest BCUT2D eigenvalue weighted by molar-refractivity contribution is 5.46. The van der Waals surface area contributed by atoms with Gasteiger partial charge < -0.3 is 9.47 Å². The van der Waals surface area contributed by atoms with Crippen LogP contribution in [0.15, 0.2) is 18.2 Å². The molecule has 0 amide bonds. The minimum Gasteiger partial charge on any atom is -0.490 e. The molecule has 1 aromatic carbocycles. The molecule has 0 aliphatic heterocycles. The molecule has 0 atom stereocenters. The Bertz CT molecular complexity index is 338. The number of rotatable bonds is 5. The van der Waals surface area contributed by atoms with Crippen LogP contribution in [0.3, 0.4) is 0 Å². The van der Waals surface area contributed by atoms with E-state index in [1.165, 1.54) is 6.07 Å². The number of alkyl halides is 2. The molecule has 0 aromatic heterocycles. The van der Waals surface area contributed by atoms with Crippen LogP contribution in [0, 0.1) is 5.92 Å². The maximum atomic E-state index is 12.1. The standard InChI is InChI=1S/C12H15F2O2/c1-4-15-11-7-9(8(2)3)5-6-10(11)16-12(13)14/h5-7,12H,4H2,1-3H3. The van der Waals surface area contributed by atoms with Gasteiger partial charge in [0.2, 0.25) is 0 Å². The van der Waals surface area contributed by atoms with E-state index in [0.717, 1.165) is 11.5 Å². The van der Waals surface area contributed by atoms with Gasteiger partial charge in [-0.1, -0.05) is 19.9 Å². The molecule has 0 heterocycles. The Morgan fingerprint density at radius 1 is 1.25 bits per heavy atom. The number of halogens is 2. The van der Waals surface area contributed by atoms with E-state index >= 15 is 0 Å². The highest BCUT2D eigenvalue weighted by Crippen LogP contribution is 2.31. The van der Waals surface area contributed by atoms with Crippen molar-refractivity contribution in [3.8, 4) is 11.5 Å². The Balaban J connectivity index is 2.99. The van der Waals surface area contributed by atoms with E-state index in [2.05, 4.69) is 4.74 Å². The van der Waals surface area contributed by atoms with E-state index in [1.54, 1.807) is 19.1 Å². The quantitative estimate of drug-likeness (QED) is 0.767. The molecule has 0 saturated carbocycles. The van der Waals surface area contributed by atoms with Crippen molar-refractivity contribution < 1.29 is 18.3 Å². The lowest BCUT2D eigenvalue weighted by Crippen LogP contribution is -2.05. The summed E-state index contributed by atoms with van der Waals surface area (Å²) in [6.07, 6.45) is 0. The molecule has 4 heteroatoms. The minimum absolute atomic E-state index is 0.0712. The summed E-state index contributed by atoms with van der Waals surface area (Å²) in [5.74, 6) is 1.51. The average molecular weight is 229 g/mol. The molecule has 1 radical (unpaired) electrons. The average Bonchev–Trinajstić information content (AvgIpc) is 2.20. The first kappa shape index (κ1) is 12.7. The SMILES string of the molecule is CCOc1cc([C](C)C)ccc1OC(F)F. The Morgan fingerprint density at radius 3 is 2.44 bits per heavy atom. The largest absolute Gasteiger partial charge is 0.490 e. The summed E-state index contributed by atoms with van der Waals surface area (Å²) in [7, 11) is 0. The van der Waals surface area contributed by atoms with Crippen molar-refractivity contribution in [2.45, 2.75) is 27.4 Å². The normalized spacial score (nSPS) is 10.9. The molecular weight excluding hydrogens is 214 g/mol. The van der Waals surface area contributed by atoms with Crippen molar-refractivity contribution in [1.82, 2.24) is 0 Å². The minimum atomic E-state index is -2.84. The first-order valence-corrected chi connectivity index (χ1v) is 5.06. The van der Waals surface area contributed by atoms with Gasteiger partial charge in [0, 0.05) is 0 Å². The monoisotopic (exact) mass is 229 g/mol. The van der Waals surface area contributed by atoms with E-state index in [1.807, 2.05) is 13.8 Å². The smallest absolute Gasteiger partial charge is 0.387 e. The molecule has 0 aliphatic rings. The van der Waals surface area contributed by atoms with Crippen molar-refractivity contribution in [3.05, 3.63) is 29.7 Å². The summed E-state index contributed by atoms with van der Waals surface area (Å²) in [5.41, 5.74) is 0.949. The van der Waals surface area contributed by atoms with Crippen LogP contribution < -0.4 is 9.47 Å². The lowest BCUT2D eigenvalue weighted by atomic mass is 10.0. The van der Waals surface area contributed by atoms with Crippen molar-refractivity contribution in [2.24, 2.45) is 0 Å². The van der Waals surface area contributed by atoms with Crippen molar-refractivity contribution in [1.29, 1.82) is 0 Å². The fraction of sp³-hybridized carbons (Fsp3) is 0.417. The summed E-state index contributed by atoms with van der Waals surface area (Å²) in [4.78, 5) is 0. The molecule has 0 fully saturated rings. The number of benzene rings is 1. The summed E-state index contributed by atoms with van der Waals surface area (Å²) >= 11 is 0. The molecule has 89 valence electrons. The number of hydrogen-bond donors (Lipinski definition) is 0. The second kappa shape index (κ2) is 5.68. The molecule has 0 aliphatic carbocycles. The predicted octanol–water partition coefficient (Wildman–Crippen LogP) is 3.65. The molecular formula is C12H15F2O2. The van der Waals surface area contributed by atoms with Gasteiger partial charge in [0.05, 0.1) is 6.61 Å². The maximum absolute atomic E-state index is 12.1. The summed E-state index contributed by atoms with van der Waals surface area (Å²) in [6.45, 7) is 3.25. The first-order valence-electron chi connectivity index (χ1n) is 5.06. The zero-order valence-electron chi connectivity index (χ0n) is 9.59. The second-order valence-corrected chi connectivity index (χ2v) is 3.47. The predicted molar refractivity (Wildman–Crippen MR) is 57.9 cm³/mol. The van der Waals surface area contributed by atoms with E-state index < -0.39 is 6.61 Å². The third-order valence-corrected chi connectivity index (χ3v) is 2.04. The Morgan fingerprint density at radius 2 is 1.94 bits per heavy atom. The fourth-order valence-corrected chi connectivity index (χ4v) is 1.28. The van der Waals surface area contributed by atoms with Gasteiger partial charge in [0.1, 0.15) is 0 Å².